The first-order chi connectivity index (χ1) is 36.5. The number of amides is 2. The largest absolute Gasteiger partial charge is 1.00 e. The zero-order valence-corrected chi connectivity index (χ0v) is 55.3. The van der Waals surface area contributed by atoms with Crippen LogP contribution in [0.1, 0.15) is 172 Å². The van der Waals surface area contributed by atoms with Crippen LogP contribution >= 0.6 is 0 Å². The number of aldehydes is 1. The van der Waals surface area contributed by atoms with Gasteiger partial charge in [-0.25, -0.2) is 33.7 Å². The number of rotatable bonds is 14. The molecule has 0 spiro atoms. The van der Waals surface area contributed by atoms with E-state index in [0.717, 1.165) is 58.9 Å². The number of aliphatic carboxylic acids is 2. The van der Waals surface area contributed by atoms with Crippen molar-refractivity contribution < 1.29 is 155 Å². The van der Waals surface area contributed by atoms with Crippen molar-refractivity contribution in [1.82, 2.24) is 21.3 Å². The van der Waals surface area contributed by atoms with E-state index in [0.29, 0.717) is 11.8 Å². The number of alkyl carbamates (subject to hydrolysis) is 2. The number of carbonyl (C=O) groups is 11. The fourth-order valence-electron chi connectivity index (χ4n) is 6.54. The van der Waals surface area contributed by atoms with Gasteiger partial charge in [-0.05, 0) is 126 Å². The third kappa shape index (κ3) is 61.8. The Morgan fingerprint density at radius 3 is 1.12 bits per heavy atom. The summed E-state index contributed by atoms with van der Waals surface area (Å²) in [5.74, 6) is -2.91. The van der Waals surface area contributed by atoms with E-state index in [2.05, 4.69) is 54.7 Å². The fraction of sp³-hybridized carbons (Fsp3) is 0.792. The van der Waals surface area contributed by atoms with Gasteiger partial charge in [-0.1, -0.05) is 57.8 Å². The van der Waals surface area contributed by atoms with E-state index in [-0.39, 0.29) is 74.8 Å². The molecule has 3 aliphatic carbocycles. The minimum absolute atomic E-state index is 0. The molecule has 3 rings (SSSR count). The average molecular weight is 1200 g/mol. The number of carbonyl (C=O) groups excluding carboxylic acids is 10. The summed E-state index contributed by atoms with van der Waals surface area (Å²) >= 11 is 0. The first-order valence-electron chi connectivity index (χ1n) is 26.0. The Balaban J connectivity index is -0.000000109. The standard InChI is InChI=1S/C12H23NO2.C11H21NO2.C7H13NO4.C7H12O.C5H9NO4.C5H11NO2.C4H6O4.C2H4O2.B.Li.Na.H2O/c1-12(2,11(14)15-3)13-9-10-7-5-4-6-8-10;1-11(2,10(13)14)12-8-9-6-4-3-5-7-9;1-7(2,5(9)11-3)8-6(10)12-4;8-6-7-4-2-1-3-5-7;1-9-4(7)3-6-5(8)10-2;1-5(2,6)4(7)8-3;1-3(5)7-8-4(2)6;1-2(3)4;;;;/h10,13H,4-9H2,1-3H3;9,12H,3-8H2,1-2H3,(H,13,14);1-4H3,(H,8,10);6-7H,1-5H2;3H2,1-2H3,(H,6,8);6H2,1-3H3;1-2H3;1H3,(H,3,4);;;;1H2/q;;;;;;;;;2*+1;/p-2. The van der Waals surface area contributed by atoms with Gasteiger partial charge in [0, 0.05) is 34.1 Å². The summed E-state index contributed by atoms with van der Waals surface area (Å²) in [4.78, 5) is 121. The van der Waals surface area contributed by atoms with Crippen molar-refractivity contribution in [3.05, 3.63) is 0 Å². The van der Waals surface area contributed by atoms with Crippen molar-refractivity contribution in [2.75, 3.05) is 62.3 Å². The van der Waals surface area contributed by atoms with Gasteiger partial charge in [0.2, 0.25) is 0 Å². The van der Waals surface area contributed by atoms with Gasteiger partial charge in [0.1, 0.15) is 35.0 Å². The minimum Gasteiger partial charge on any atom is -0.870 e. The minimum atomic E-state index is -1.08. The second-order valence-corrected chi connectivity index (χ2v) is 20.4. The molecule has 3 saturated carbocycles. The summed E-state index contributed by atoms with van der Waals surface area (Å²) in [5, 5.41) is 28.7. The van der Waals surface area contributed by atoms with Crippen molar-refractivity contribution in [2.45, 2.75) is 195 Å². The van der Waals surface area contributed by atoms with Crippen LogP contribution in [0.15, 0.2) is 0 Å². The van der Waals surface area contributed by atoms with Gasteiger partial charge in [-0.2, -0.15) is 0 Å². The molecule has 8 N–H and O–H groups in total. The van der Waals surface area contributed by atoms with Gasteiger partial charge in [-0.15, -0.1) is 0 Å². The number of nitrogens with two attached hydrogens (primary N) is 1. The van der Waals surface area contributed by atoms with E-state index in [1.165, 1.54) is 140 Å². The van der Waals surface area contributed by atoms with Gasteiger partial charge in [0.15, 0.2) is 0 Å². The molecule has 0 heterocycles. The summed E-state index contributed by atoms with van der Waals surface area (Å²) in [5.41, 5.74) is 2.08. The average Bonchev–Trinajstić information content (AvgIpc) is 3.40. The molecule has 83 heavy (non-hydrogen) atoms. The van der Waals surface area contributed by atoms with E-state index in [1.54, 1.807) is 27.7 Å². The third-order valence-electron chi connectivity index (χ3n) is 11.3. The van der Waals surface area contributed by atoms with E-state index < -0.39 is 76.1 Å². The Labute approximate surface area is 528 Å². The van der Waals surface area contributed by atoms with Crippen molar-refractivity contribution in [3.8, 4) is 0 Å². The molecule has 0 aromatic heterocycles. The van der Waals surface area contributed by atoms with Crippen LogP contribution in [-0.4, -0.2) is 170 Å². The van der Waals surface area contributed by atoms with Crippen LogP contribution < -0.4 is 80.5 Å². The molecule has 0 unspecified atom stereocenters. The predicted molar refractivity (Wildman–Crippen MR) is 296 cm³/mol. The quantitative estimate of drug-likeness (QED) is 0.0269. The van der Waals surface area contributed by atoms with E-state index in [4.69, 9.17) is 25.5 Å². The molecular weight excluding hydrogens is 1100 g/mol. The van der Waals surface area contributed by atoms with Crippen LogP contribution in [0, 0.1) is 17.8 Å². The topological polar surface area (TPSA) is 409 Å². The summed E-state index contributed by atoms with van der Waals surface area (Å²) in [6, 6.07) is 0. The molecular formula is C53H99BLiN5NaO22. The Morgan fingerprint density at radius 1 is 0.542 bits per heavy atom. The van der Waals surface area contributed by atoms with Crippen molar-refractivity contribution in [1.29, 1.82) is 0 Å². The van der Waals surface area contributed by atoms with E-state index >= 15 is 0 Å². The molecule has 27 nitrogen and oxygen atoms in total. The summed E-state index contributed by atoms with van der Waals surface area (Å²) in [7, 11) is 7.68. The number of nitrogens with one attached hydrogen (secondary N) is 4. The van der Waals surface area contributed by atoms with Gasteiger partial charge >= 0.3 is 102 Å². The molecule has 3 radical (unpaired) electrons. The number of hydrogen-bond donors (Lipinski definition) is 6. The molecule has 473 valence electrons. The monoisotopic (exact) mass is 1200 g/mol. The van der Waals surface area contributed by atoms with Gasteiger partial charge in [0.05, 0.1) is 42.7 Å². The zero-order chi connectivity index (χ0) is 62.4. The van der Waals surface area contributed by atoms with Crippen molar-refractivity contribution in [3.63, 3.8) is 0 Å². The number of hydrogen-bond acceptors (Lipinski definition) is 24. The Bertz CT molecular complexity index is 1760. The van der Waals surface area contributed by atoms with Crippen LogP contribution in [0.5, 0.6) is 0 Å². The fourth-order valence-corrected chi connectivity index (χ4v) is 6.54. The maximum atomic E-state index is 11.4. The maximum Gasteiger partial charge on any atom is 1.00 e. The molecule has 3 aliphatic rings. The molecule has 0 atom stereocenters. The molecule has 0 bridgehead atoms. The van der Waals surface area contributed by atoms with Crippen molar-refractivity contribution in [2.24, 2.45) is 23.5 Å². The second kappa shape index (κ2) is 56.6. The van der Waals surface area contributed by atoms with Gasteiger partial charge in [-0.3, -0.25) is 19.2 Å². The van der Waals surface area contributed by atoms with Crippen LogP contribution in [-0.2, 0) is 81.3 Å². The molecule has 3 fully saturated rings. The van der Waals surface area contributed by atoms with Crippen LogP contribution in [0.4, 0.5) is 9.59 Å². The number of carboxylic acids is 2. The van der Waals surface area contributed by atoms with Gasteiger partial charge < -0.3 is 80.7 Å². The Morgan fingerprint density at radius 2 is 0.867 bits per heavy atom. The number of ether oxygens (including phenoxy) is 6. The molecule has 0 saturated heterocycles. The predicted octanol–water partition coefficient (Wildman–Crippen LogP) is -2.17. The summed E-state index contributed by atoms with van der Waals surface area (Å²) in [6.45, 7) is 18.3. The smallest absolute Gasteiger partial charge is 0.870 e. The first-order valence-corrected chi connectivity index (χ1v) is 26.0. The molecule has 2 amide bonds. The Kier molecular flexibility index (Phi) is 66.5. The second-order valence-electron chi connectivity index (χ2n) is 20.4. The molecule has 0 aromatic carbocycles. The van der Waals surface area contributed by atoms with Crippen LogP contribution in [0.2, 0.25) is 0 Å². The molecule has 30 heteroatoms. The summed E-state index contributed by atoms with van der Waals surface area (Å²) in [6.07, 6.45) is 19.1. The SMILES string of the molecule is CC(=O)OOC(C)=O.CC(=O)[O-].CC(C)(NCC1CCCCC1)C(=O)O.COC(=O)C(C)(C)N.COC(=O)C(C)(C)NCC1CCCCC1.COC(=O)CNC(=O)OC.COC(=O)NC(C)(C)C(=O)OC.O=CC1CCCCC1.[B].[Li+].[Na+].[OH-]. The zero-order valence-electron chi connectivity index (χ0n) is 53.3. The van der Waals surface area contributed by atoms with Gasteiger partial charge in [0.25, 0.3) is 0 Å². The first kappa shape index (κ1) is 97.6. The van der Waals surface area contributed by atoms with Crippen molar-refractivity contribution >= 4 is 74.6 Å². The number of methoxy groups -OCH3 is 6. The van der Waals surface area contributed by atoms with Crippen LogP contribution in [0.3, 0.4) is 0 Å². The van der Waals surface area contributed by atoms with Crippen LogP contribution in [0.25, 0.3) is 0 Å². The number of esters is 4. The van der Waals surface area contributed by atoms with E-state index in [9.17, 15) is 47.9 Å². The molecule has 0 aliphatic heterocycles. The van der Waals surface area contributed by atoms with E-state index in [1.807, 2.05) is 13.8 Å². The third-order valence-corrected chi connectivity index (χ3v) is 11.3. The maximum absolute atomic E-state index is 11.4. The molecule has 0 aromatic rings. The normalized spacial score (nSPS) is 13.5. The Hall–Kier alpha value is -4.53. The summed E-state index contributed by atoms with van der Waals surface area (Å²) < 4.78 is 26.3. The number of carboxylic acid groups (broad SMARTS) is 2.